The van der Waals surface area contributed by atoms with Crippen LogP contribution in [0.2, 0.25) is 0 Å². The molecule has 0 bridgehead atoms. The van der Waals surface area contributed by atoms with Gasteiger partial charge in [-0.15, -0.1) is 0 Å². The fourth-order valence-electron chi connectivity index (χ4n) is 4.62. The molecule has 1 amide bonds. The van der Waals surface area contributed by atoms with Gasteiger partial charge in [-0.3, -0.25) is 9.78 Å². The number of rotatable bonds is 4. The van der Waals surface area contributed by atoms with Crippen molar-refractivity contribution < 1.29 is 9.53 Å². The van der Waals surface area contributed by atoms with Crippen LogP contribution in [0.5, 0.6) is 0 Å². The number of carbonyl (C=O) groups excluding carboxylic acids is 1. The zero-order valence-corrected chi connectivity index (χ0v) is 19.1. The van der Waals surface area contributed by atoms with Gasteiger partial charge in [0.25, 0.3) is 5.91 Å². The Labute approximate surface area is 193 Å². The summed E-state index contributed by atoms with van der Waals surface area (Å²) in [6.07, 6.45) is 4.57. The van der Waals surface area contributed by atoms with Gasteiger partial charge in [-0.2, -0.15) is 5.10 Å². The number of fused-ring (bicyclic) bond motifs is 1. The molecule has 5 rings (SSSR count). The predicted molar refractivity (Wildman–Crippen MR) is 129 cm³/mol. The van der Waals surface area contributed by atoms with Crippen molar-refractivity contribution in [2.45, 2.75) is 20.3 Å². The number of aromatic nitrogens is 3. The molecule has 33 heavy (non-hydrogen) atoms. The van der Waals surface area contributed by atoms with Crippen molar-refractivity contribution >= 4 is 16.7 Å². The number of hydrogen-bond acceptors (Lipinski definition) is 4. The van der Waals surface area contributed by atoms with Gasteiger partial charge in [0.05, 0.1) is 24.6 Å². The summed E-state index contributed by atoms with van der Waals surface area (Å²) in [5, 5.41) is 6.88. The van der Waals surface area contributed by atoms with Gasteiger partial charge in [-0.05, 0) is 61.5 Å². The topological polar surface area (TPSA) is 60.2 Å². The molecule has 0 saturated carbocycles. The number of aryl methyl sites for hydroxylation is 2. The molecule has 1 fully saturated rings. The van der Waals surface area contributed by atoms with Crippen LogP contribution in [-0.2, 0) is 11.2 Å². The predicted octanol–water partition coefficient (Wildman–Crippen LogP) is 4.37. The second-order valence-electron chi connectivity index (χ2n) is 8.84. The number of benzene rings is 2. The first kappa shape index (κ1) is 21.3. The molecule has 0 spiro atoms. The highest BCUT2D eigenvalue weighted by molar-refractivity contribution is 5.94. The van der Waals surface area contributed by atoms with Crippen molar-refractivity contribution in [3.05, 3.63) is 89.5 Å². The van der Waals surface area contributed by atoms with E-state index in [-0.39, 0.29) is 11.8 Å². The third-order valence-corrected chi connectivity index (χ3v) is 6.20. The van der Waals surface area contributed by atoms with E-state index in [9.17, 15) is 4.79 Å². The summed E-state index contributed by atoms with van der Waals surface area (Å²) < 4.78 is 7.76. The van der Waals surface area contributed by atoms with Crippen molar-refractivity contribution in [3.8, 4) is 5.69 Å². The van der Waals surface area contributed by atoms with E-state index >= 15 is 0 Å². The van der Waals surface area contributed by atoms with Crippen molar-refractivity contribution in [2.75, 3.05) is 26.3 Å². The SMILES string of the molecule is Cc1cc(C)n(-c2cccc(C(=O)N3CCOC[C@H](Cc4ccc5cnccc5c4)C3)c2)n1. The van der Waals surface area contributed by atoms with E-state index in [1.54, 1.807) is 0 Å². The van der Waals surface area contributed by atoms with Gasteiger partial charge in [-0.25, -0.2) is 4.68 Å². The summed E-state index contributed by atoms with van der Waals surface area (Å²) in [5.74, 6) is 0.286. The Hall–Kier alpha value is -3.51. The lowest BCUT2D eigenvalue weighted by Gasteiger charge is -2.24. The van der Waals surface area contributed by atoms with E-state index in [0.717, 1.165) is 28.9 Å². The van der Waals surface area contributed by atoms with Crippen LogP contribution in [0.4, 0.5) is 0 Å². The van der Waals surface area contributed by atoms with E-state index in [2.05, 4.69) is 28.3 Å². The Kier molecular flexibility index (Phi) is 5.92. The minimum absolute atomic E-state index is 0.0402. The number of pyridine rings is 1. The minimum Gasteiger partial charge on any atom is -0.379 e. The molecule has 168 valence electrons. The van der Waals surface area contributed by atoms with Gasteiger partial charge in [0.2, 0.25) is 0 Å². The van der Waals surface area contributed by atoms with E-state index in [1.807, 2.05) is 72.2 Å². The van der Waals surface area contributed by atoms with Crippen LogP contribution in [0, 0.1) is 19.8 Å². The maximum Gasteiger partial charge on any atom is 0.254 e. The molecule has 0 aliphatic carbocycles. The van der Waals surface area contributed by atoms with Crippen molar-refractivity contribution in [3.63, 3.8) is 0 Å². The molecule has 1 aliphatic rings. The highest BCUT2D eigenvalue weighted by atomic mass is 16.5. The van der Waals surface area contributed by atoms with Gasteiger partial charge in [-0.1, -0.05) is 24.3 Å². The number of nitrogens with zero attached hydrogens (tertiary/aromatic N) is 4. The summed E-state index contributed by atoms with van der Waals surface area (Å²) in [6.45, 7) is 6.49. The second kappa shape index (κ2) is 9.16. The average molecular weight is 441 g/mol. The van der Waals surface area contributed by atoms with Crippen molar-refractivity contribution in [2.24, 2.45) is 5.92 Å². The molecule has 2 aromatic heterocycles. The van der Waals surface area contributed by atoms with Crippen LogP contribution in [0.1, 0.15) is 27.3 Å². The standard InChI is InChI=1S/C27H28N4O2/c1-19-12-20(2)31(29-19)26-5-3-4-24(15-26)27(32)30-10-11-33-18-22(17-30)13-21-6-7-25-16-28-9-8-23(25)14-21/h3-9,12,14-16,22H,10-11,13,17-18H2,1-2H3/t22-/m1/s1. The van der Waals surface area contributed by atoms with E-state index in [0.29, 0.717) is 31.9 Å². The van der Waals surface area contributed by atoms with Gasteiger partial charge in [0.1, 0.15) is 0 Å². The molecule has 0 unspecified atom stereocenters. The lowest BCUT2D eigenvalue weighted by atomic mass is 9.97. The van der Waals surface area contributed by atoms with Crippen LogP contribution >= 0.6 is 0 Å². The average Bonchev–Trinajstić information content (AvgIpc) is 3.02. The molecule has 0 radical (unpaired) electrons. The van der Waals surface area contributed by atoms with Crippen LogP contribution in [0.25, 0.3) is 16.5 Å². The second-order valence-corrected chi connectivity index (χ2v) is 8.84. The lowest BCUT2D eigenvalue weighted by molar-refractivity contribution is 0.0737. The fourth-order valence-corrected chi connectivity index (χ4v) is 4.62. The first-order chi connectivity index (χ1) is 16.1. The Balaban J connectivity index is 1.33. The number of carbonyl (C=O) groups is 1. The van der Waals surface area contributed by atoms with Crippen LogP contribution < -0.4 is 0 Å². The molecule has 6 heteroatoms. The summed E-state index contributed by atoms with van der Waals surface area (Å²) >= 11 is 0. The van der Waals surface area contributed by atoms with E-state index in [4.69, 9.17) is 4.74 Å². The molecule has 2 aromatic carbocycles. The molecular formula is C27H28N4O2. The van der Waals surface area contributed by atoms with E-state index < -0.39 is 0 Å². The third-order valence-electron chi connectivity index (χ3n) is 6.20. The lowest BCUT2D eigenvalue weighted by Crippen LogP contribution is -2.36. The maximum absolute atomic E-state index is 13.4. The maximum atomic E-state index is 13.4. The van der Waals surface area contributed by atoms with Crippen LogP contribution in [0.3, 0.4) is 0 Å². The quantitative estimate of drug-likeness (QED) is 0.473. The number of ether oxygens (including phenoxy) is 1. The van der Waals surface area contributed by atoms with E-state index in [1.165, 1.54) is 10.9 Å². The van der Waals surface area contributed by atoms with Gasteiger partial charge < -0.3 is 9.64 Å². The first-order valence-electron chi connectivity index (χ1n) is 11.4. The molecule has 1 aliphatic heterocycles. The van der Waals surface area contributed by atoms with Crippen molar-refractivity contribution in [1.82, 2.24) is 19.7 Å². The Bertz CT molecular complexity index is 1300. The van der Waals surface area contributed by atoms with Crippen LogP contribution in [0.15, 0.2) is 67.0 Å². The van der Waals surface area contributed by atoms with Crippen molar-refractivity contribution in [1.29, 1.82) is 0 Å². The molecule has 4 aromatic rings. The minimum atomic E-state index is 0.0402. The Morgan fingerprint density at radius 2 is 2.00 bits per heavy atom. The smallest absolute Gasteiger partial charge is 0.254 e. The number of hydrogen-bond donors (Lipinski definition) is 0. The number of amides is 1. The normalized spacial score (nSPS) is 16.7. The Morgan fingerprint density at radius 1 is 1.09 bits per heavy atom. The molecule has 6 nitrogen and oxygen atoms in total. The monoisotopic (exact) mass is 440 g/mol. The van der Waals surface area contributed by atoms with Crippen LogP contribution in [-0.4, -0.2) is 51.9 Å². The highest BCUT2D eigenvalue weighted by Crippen LogP contribution is 2.21. The Morgan fingerprint density at radius 3 is 2.85 bits per heavy atom. The van der Waals surface area contributed by atoms with Gasteiger partial charge >= 0.3 is 0 Å². The molecule has 3 heterocycles. The molecule has 1 saturated heterocycles. The summed E-state index contributed by atoms with van der Waals surface area (Å²) in [4.78, 5) is 19.6. The first-order valence-corrected chi connectivity index (χ1v) is 11.4. The zero-order chi connectivity index (χ0) is 22.8. The summed E-state index contributed by atoms with van der Waals surface area (Å²) in [7, 11) is 0. The van der Waals surface area contributed by atoms with Gasteiger partial charge in [0.15, 0.2) is 0 Å². The summed E-state index contributed by atoms with van der Waals surface area (Å²) in [5.41, 5.74) is 4.84. The summed E-state index contributed by atoms with van der Waals surface area (Å²) in [6, 6.07) is 18.3. The zero-order valence-electron chi connectivity index (χ0n) is 19.1. The molecule has 0 N–H and O–H groups in total. The highest BCUT2D eigenvalue weighted by Gasteiger charge is 2.24. The largest absolute Gasteiger partial charge is 0.379 e. The fraction of sp³-hybridized carbons (Fsp3) is 0.296. The van der Waals surface area contributed by atoms with Gasteiger partial charge in [0, 0.05) is 48.0 Å². The third kappa shape index (κ3) is 4.66. The molecule has 1 atom stereocenters. The molecular weight excluding hydrogens is 412 g/mol.